The van der Waals surface area contributed by atoms with E-state index in [0.29, 0.717) is 5.52 Å². The third-order valence-electron chi connectivity index (χ3n) is 2.83. The van der Waals surface area contributed by atoms with Crippen LogP contribution in [0.2, 0.25) is 0 Å². The van der Waals surface area contributed by atoms with Crippen LogP contribution in [0.15, 0.2) is 29.3 Å². The first-order valence-electron chi connectivity index (χ1n) is 5.79. The van der Waals surface area contributed by atoms with Crippen molar-refractivity contribution in [3.05, 3.63) is 45.0 Å². The SMILES string of the molecule is COC(=O)C(Br)Cn1cnc2ccc([N+](=O)[O-])cc2c1=O. The molecule has 0 radical (unpaired) electrons. The van der Waals surface area contributed by atoms with Gasteiger partial charge in [-0.05, 0) is 6.07 Å². The first kappa shape index (κ1) is 15.1. The molecule has 110 valence electrons. The zero-order valence-corrected chi connectivity index (χ0v) is 12.4. The molecule has 0 aliphatic rings. The molecule has 0 N–H and O–H groups in total. The number of ether oxygens (including phenoxy) is 1. The molecule has 2 rings (SSSR count). The van der Waals surface area contributed by atoms with Gasteiger partial charge in [0.25, 0.3) is 11.2 Å². The smallest absolute Gasteiger partial charge is 0.321 e. The number of hydrogen-bond acceptors (Lipinski definition) is 6. The zero-order valence-electron chi connectivity index (χ0n) is 10.9. The van der Waals surface area contributed by atoms with Gasteiger partial charge in [0.1, 0.15) is 4.83 Å². The van der Waals surface area contributed by atoms with E-state index in [-0.39, 0.29) is 17.6 Å². The number of benzene rings is 1. The largest absolute Gasteiger partial charge is 0.468 e. The average molecular weight is 356 g/mol. The van der Waals surface area contributed by atoms with Crippen molar-refractivity contribution in [3.63, 3.8) is 0 Å². The predicted molar refractivity (Wildman–Crippen MR) is 77.4 cm³/mol. The van der Waals surface area contributed by atoms with Crippen LogP contribution in [0.25, 0.3) is 10.9 Å². The van der Waals surface area contributed by atoms with Crippen molar-refractivity contribution in [2.75, 3.05) is 7.11 Å². The monoisotopic (exact) mass is 355 g/mol. The van der Waals surface area contributed by atoms with Crippen LogP contribution in [-0.4, -0.2) is 32.4 Å². The summed E-state index contributed by atoms with van der Waals surface area (Å²) in [5, 5.41) is 10.9. The summed E-state index contributed by atoms with van der Waals surface area (Å²) in [4.78, 5) is 37.1. The molecule has 9 heteroatoms. The number of halogens is 1. The number of carbonyl (C=O) groups is 1. The van der Waals surface area contributed by atoms with Gasteiger partial charge < -0.3 is 4.74 Å². The highest BCUT2D eigenvalue weighted by Crippen LogP contribution is 2.16. The van der Waals surface area contributed by atoms with Gasteiger partial charge >= 0.3 is 5.97 Å². The van der Waals surface area contributed by atoms with Crippen molar-refractivity contribution in [2.24, 2.45) is 0 Å². The van der Waals surface area contributed by atoms with Crippen LogP contribution in [-0.2, 0) is 16.1 Å². The van der Waals surface area contributed by atoms with Gasteiger partial charge in [-0.1, -0.05) is 15.9 Å². The number of fused-ring (bicyclic) bond motifs is 1. The van der Waals surface area contributed by atoms with Crippen molar-refractivity contribution in [2.45, 2.75) is 11.4 Å². The highest BCUT2D eigenvalue weighted by atomic mass is 79.9. The molecule has 1 unspecified atom stereocenters. The van der Waals surface area contributed by atoms with Gasteiger partial charge in [0.05, 0.1) is 35.8 Å². The van der Waals surface area contributed by atoms with E-state index < -0.39 is 21.3 Å². The highest BCUT2D eigenvalue weighted by Gasteiger charge is 2.18. The summed E-state index contributed by atoms with van der Waals surface area (Å²) in [5.41, 5.74) is -0.300. The quantitative estimate of drug-likeness (QED) is 0.353. The van der Waals surface area contributed by atoms with Gasteiger partial charge in [-0.2, -0.15) is 0 Å². The maximum atomic E-state index is 12.3. The Morgan fingerprint density at radius 3 is 2.90 bits per heavy atom. The maximum Gasteiger partial charge on any atom is 0.321 e. The van der Waals surface area contributed by atoms with Crippen LogP contribution >= 0.6 is 15.9 Å². The number of alkyl halides is 1. The Hall–Kier alpha value is -2.29. The van der Waals surface area contributed by atoms with Crippen molar-refractivity contribution < 1.29 is 14.5 Å². The number of nitro groups is 1. The average Bonchev–Trinajstić information content (AvgIpc) is 2.48. The molecule has 0 aliphatic carbocycles. The van der Waals surface area contributed by atoms with Crippen LogP contribution in [0.1, 0.15) is 0 Å². The summed E-state index contributed by atoms with van der Waals surface area (Å²) >= 11 is 3.11. The van der Waals surface area contributed by atoms with Gasteiger partial charge in [0, 0.05) is 12.1 Å². The van der Waals surface area contributed by atoms with Gasteiger partial charge in [0.2, 0.25) is 0 Å². The summed E-state index contributed by atoms with van der Waals surface area (Å²) < 4.78 is 5.75. The molecule has 0 spiro atoms. The lowest BCUT2D eigenvalue weighted by molar-refractivity contribution is -0.384. The lowest BCUT2D eigenvalue weighted by Gasteiger charge is -2.10. The number of carbonyl (C=O) groups excluding carboxylic acids is 1. The van der Waals surface area contributed by atoms with Crippen LogP contribution in [0.5, 0.6) is 0 Å². The van der Waals surface area contributed by atoms with Crippen LogP contribution in [0, 0.1) is 10.1 Å². The van der Waals surface area contributed by atoms with Crippen molar-refractivity contribution >= 4 is 38.5 Å². The Labute approximate surface area is 126 Å². The Kier molecular flexibility index (Phi) is 4.32. The predicted octanol–water partition coefficient (Wildman–Crippen LogP) is 1.24. The zero-order chi connectivity index (χ0) is 15.6. The van der Waals surface area contributed by atoms with Crippen molar-refractivity contribution in [3.8, 4) is 0 Å². The third-order valence-corrected chi connectivity index (χ3v) is 3.50. The number of hydrogen-bond donors (Lipinski definition) is 0. The molecule has 0 amide bonds. The first-order valence-corrected chi connectivity index (χ1v) is 6.71. The normalized spacial score (nSPS) is 12.1. The minimum atomic E-state index is -0.710. The Morgan fingerprint density at radius 2 is 2.29 bits per heavy atom. The second-order valence-electron chi connectivity index (χ2n) is 4.15. The maximum absolute atomic E-state index is 12.3. The summed E-state index contributed by atoms with van der Waals surface area (Å²) in [7, 11) is 1.24. The van der Waals surface area contributed by atoms with E-state index in [0.717, 1.165) is 0 Å². The molecule has 8 nitrogen and oxygen atoms in total. The number of methoxy groups -OCH3 is 1. The molecule has 0 bridgehead atoms. The van der Waals surface area contributed by atoms with Crippen LogP contribution < -0.4 is 5.56 Å². The molecule has 21 heavy (non-hydrogen) atoms. The number of rotatable bonds is 4. The van der Waals surface area contributed by atoms with Gasteiger partial charge in [-0.3, -0.25) is 24.3 Å². The molecule has 1 aromatic carbocycles. The minimum Gasteiger partial charge on any atom is -0.468 e. The summed E-state index contributed by atoms with van der Waals surface area (Å²) in [6.45, 7) is 0.0111. The molecule has 0 saturated heterocycles. The summed E-state index contributed by atoms with van der Waals surface area (Å²) in [6.07, 6.45) is 1.29. The van der Waals surface area contributed by atoms with Crippen LogP contribution in [0.3, 0.4) is 0 Å². The number of esters is 1. The molecular weight excluding hydrogens is 346 g/mol. The van der Waals surface area contributed by atoms with E-state index in [2.05, 4.69) is 25.7 Å². The third kappa shape index (κ3) is 3.07. The lowest BCUT2D eigenvalue weighted by atomic mass is 10.2. The van der Waals surface area contributed by atoms with E-state index in [9.17, 15) is 19.7 Å². The van der Waals surface area contributed by atoms with E-state index in [1.54, 1.807) is 0 Å². The van der Waals surface area contributed by atoms with Gasteiger partial charge in [-0.15, -0.1) is 0 Å². The minimum absolute atomic E-state index is 0.0111. The van der Waals surface area contributed by atoms with Gasteiger partial charge in [-0.25, -0.2) is 4.98 Å². The fourth-order valence-electron chi connectivity index (χ4n) is 1.77. The molecule has 1 heterocycles. The molecule has 0 fully saturated rings. The highest BCUT2D eigenvalue weighted by molar-refractivity contribution is 9.10. The summed E-state index contributed by atoms with van der Waals surface area (Å²) in [6, 6.07) is 3.86. The summed E-state index contributed by atoms with van der Waals surface area (Å²) in [5.74, 6) is -0.527. The first-order chi connectivity index (χ1) is 9.93. The van der Waals surface area contributed by atoms with E-state index in [4.69, 9.17) is 0 Å². The van der Waals surface area contributed by atoms with E-state index >= 15 is 0 Å². The van der Waals surface area contributed by atoms with Crippen molar-refractivity contribution in [1.29, 1.82) is 0 Å². The second-order valence-corrected chi connectivity index (χ2v) is 5.26. The number of aromatic nitrogens is 2. The molecule has 0 aliphatic heterocycles. The fraction of sp³-hybridized carbons (Fsp3) is 0.250. The second kappa shape index (κ2) is 6.00. The molecule has 1 atom stereocenters. The number of non-ortho nitro benzene ring substituents is 1. The van der Waals surface area contributed by atoms with Crippen LogP contribution in [0.4, 0.5) is 5.69 Å². The number of nitrogens with zero attached hydrogens (tertiary/aromatic N) is 3. The molecule has 0 saturated carbocycles. The molecular formula is C12H10BrN3O5. The van der Waals surface area contributed by atoms with Crippen molar-refractivity contribution in [1.82, 2.24) is 9.55 Å². The standard InChI is InChI=1S/C12H10BrN3O5/c1-21-12(18)9(13)5-15-6-14-10-3-2-7(16(19)20)4-8(10)11(15)17/h2-4,6,9H,5H2,1H3. The Balaban J connectivity index is 2.47. The van der Waals surface area contributed by atoms with E-state index in [1.165, 1.54) is 36.2 Å². The number of nitro benzene ring substituents is 1. The Morgan fingerprint density at radius 1 is 1.57 bits per heavy atom. The lowest BCUT2D eigenvalue weighted by Crippen LogP contribution is -2.29. The Bertz CT molecular complexity index is 773. The van der Waals surface area contributed by atoms with E-state index in [1.807, 2.05) is 0 Å². The molecule has 2 aromatic rings. The fourth-order valence-corrected chi connectivity index (χ4v) is 2.26. The topological polar surface area (TPSA) is 104 Å². The molecule has 1 aromatic heterocycles. The van der Waals surface area contributed by atoms with Gasteiger partial charge in [0.15, 0.2) is 0 Å².